The number of nitrogens with zero attached hydrogens (tertiary/aromatic N) is 1. The lowest BCUT2D eigenvalue weighted by molar-refractivity contribution is -0.137. The van der Waals surface area contributed by atoms with Gasteiger partial charge in [-0.1, -0.05) is 0 Å². The van der Waals surface area contributed by atoms with Gasteiger partial charge in [0.05, 0.1) is 5.56 Å². The summed E-state index contributed by atoms with van der Waals surface area (Å²) in [7, 11) is 3.87. The van der Waals surface area contributed by atoms with Crippen LogP contribution in [0.3, 0.4) is 0 Å². The van der Waals surface area contributed by atoms with Crippen molar-refractivity contribution in [1.29, 1.82) is 0 Å². The number of halogens is 4. The molecule has 0 heterocycles. The van der Waals surface area contributed by atoms with E-state index in [0.717, 1.165) is 37.1 Å². The molecule has 0 N–H and O–H groups in total. The maximum atomic E-state index is 13.6. The number of rotatable bonds is 6. The zero-order valence-electron chi connectivity index (χ0n) is 13.9. The van der Waals surface area contributed by atoms with Gasteiger partial charge in [0, 0.05) is 13.0 Å². The van der Waals surface area contributed by atoms with Gasteiger partial charge < -0.3 is 9.64 Å². The van der Waals surface area contributed by atoms with Gasteiger partial charge in [-0.05, 0) is 69.3 Å². The molecule has 0 fully saturated rings. The summed E-state index contributed by atoms with van der Waals surface area (Å²) in [6, 6.07) is 4.65. The molecule has 1 aliphatic rings. The minimum absolute atomic E-state index is 0.317. The van der Waals surface area contributed by atoms with Crippen molar-refractivity contribution in [1.82, 2.24) is 4.90 Å². The van der Waals surface area contributed by atoms with Crippen molar-refractivity contribution in [3.63, 3.8) is 0 Å². The number of allylic oxidation sites excluding steroid dienone is 1. The van der Waals surface area contributed by atoms with E-state index < -0.39 is 17.9 Å². The van der Waals surface area contributed by atoms with Gasteiger partial charge in [-0.25, -0.2) is 4.39 Å². The minimum atomic E-state index is -4.36. The van der Waals surface area contributed by atoms with E-state index in [9.17, 15) is 17.6 Å². The van der Waals surface area contributed by atoms with Crippen LogP contribution in [0.4, 0.5) is 17.6 Å². The Kier molecular flexibility index (Phi) is 6.27. The molecule has 1 aromatic rings. The highest BCUT2D eigenvalue weighted by Gasteiger charge is 2.30. The number of hydrogen-bond donors (Lipinski definition) is 0. The second-order valence-corrected chi connectivity index (χ2v) is 6.37. The Morgan fingerprint density at radius 1 is 1.21 bits per heavy atom. The van der Waals surface area contributed by atoms with Crippen LogP contribution in [0.5, 0.6) is 5.75 Å². The maximum Gasteiger partial charge on any atom is 0.416 e. The largest absolute Gasteiger partial charge is 0.486 e. The topological polar surface area (TPSA) is 12.5 Å². The first-order valence-electron chi connectivity index (χ1n) is 8.09. The van der Waals surface area contributed by atoms with Crippen LogP contribution >= 0.6 is 0 Å². The highest BCUT2D eigenvalue weighted by Crippen LogP contribution is 2.32. The van der Waals surface area contributed by atoms with Gasteiger partial charge in [-0.3, -0.25) is 0 Å². The molecule has 0 aromatic heterocycles. The van der Waals surface area contributed by atoms with E-state index in [1.807, 2.05) is 19.0 Å². The number of alkyl halides is 4. The molecule has 0 aliphatic heterocycles. The molecule has 2 atom stereocenters. The SMILES string of the molecule is CN(C)CCC(Oc1ccc(C(F)(F)F)cc1)C1=CC(F)CCC1. The van der Waals surface area contributed by atoms with Crippen LogP contribution in [0, 0.1) is 0 Å². The average molecular weight is 345 g/mol. The summed E-state index contributed by atoms with van der Waals surface area (Å²) in [5, 5.41) is 0. The molecule has 2 unspecified atom stereocenters. The third kappa shape index (κ3) is 5.51. The fraction of sp³-hybridized carbons (Fsp3) is 0.556. The van der Waals surface area contributed by atoms with Crippen molar-refractivity contribution >= 4 is 0 Å². The van der Waals surface area contributed by atoms with Gasteiger partial charge in [0.1, 0.15) is 18.0 Å². The summed E-state index contributed by atoms with van der Waals surface area (Å²) >= 11 is 0. The first kappa shape index (κ1) is 18.8. The smallest absolute Gasteiger partial charge is 0.416 e. The molecule has 0 bridgehead atoms. The Labute approximate surface area is 140 Å². The lowest BCUT2D eigenvalue weighted by Crippen LogP contribution is -2.27. The van der Waals surface area contributed by atoms with E-state index in [0.29, 0.717) is 18.6 Å². The third-order valence-corrected chi connectivity index (χ3v) is 4.05. The van der Waals surface area contributed by atoms with Crippen LogP contribution < -0.4 is 4.74 Å². The second kappa shape index (κ2) is 8.01. The average Bonchev–Trinajstić information content (AvgIpc) is 2.51. The van der Waals surface area contributed by atoms with Crippen molar-refractivity contribution in [3.8, 4) is 5.75 Å². The molecule has 24 heavy (non-hydrogen) atoms. The predicted molar refractivity (Wildman–Crippen MR) is 85.9 cm³/mol. The zero-order chi connectivity index (χ0) is 17.7. The van der Waals surface area contributed by atoms with Crippen molar-refractivity contribution in [2.24, 2.45) is 0 Å². The van der Waals surface area contributed by atoms with Crippen molar-refractivity contribution in [2.45, 2.75) is 44.1 Å². The normalized spacial score (nSPS) is 20.0. The molecule has 1 aromatic carbocycles. The van der Waals surface area contributed by atoms with Crippen LogP contribution in [0.15, 0.2) is 35.9 Å². The van der Waals surface area contributed by atoms with Gasteiger partial charge in [-0.15, -0.1) is 0 Å². The van der Waals surface area contributed by atoms with E-state index in [1.165, 1.54) is 12.1 Å². The van der Waals surface area contributed by atoms with Crippen molar-refractivity contribution in [3.05, 3.63) is 41.5 Å². The highest BCUT2D eigenvalue weighted by molar-refractivity contribution is 5.30. The number of hydrogen-bond acceptors (Lipinski definition) is 2. The fourth-order valence-electron chi connectivity index (χ4n) is 2.75. The molecule has 2 nitrogen and oxygen atoms in total. The summed E-state index contributed by atoms with van der Waals surface area (Å²) in [6.07, 6.45) is -1.34. The summed E-state index contributed by atoms with van der Waals surface area (Å²) in [5.41, 5.74) is 0.191. The molecule has 134 valence electrons. The monoisotopic (exact) mass is 345 g/mol. The Balaban J connectivity index is 2.12. The molecule has 2 rings (SSSR count). The molecule has 1 aliphatic carbocycles. The Morgan fingerprint density at radius 2 is 1.88 bits per heavy atom. The molecule has 0 amide bonds. The second-order valence-electron chi connectivity index (χ2n) is 6.37. The fourth-order valence-corrected chi connectivity index (χ4v) is 2.75. The first-order valence-corrected chi connectivity index (χ1v) is 8.09. The number of benzene rings is 1. The molecule has 6 heteroatoms. The Hall–Kier alpha value is -1.56. The number of ether oxygens (including phenoxy) is 1. The Morgan fingerprint density at radius 3 is 2.42 bits per heavy atom. The summed E-state index contributed by atoms with van der Waals surface area (Å²) in [5.74, 6) is 0.369. The van der Waals surface area contributed by atoms with E-state index in [-0.39, 0.29) is 6.10 Å². The summed E-state index contributed by atoms with van der Waals surface area (Å²) in [4.78, 5) is 2.00. The lowest BCUT2D eigenvalue weighted by atomic mass is 9.92. The van der Waals surface area contributed by atoms with E-state index in [4.69, 9.17) is 4.74 Å². The minimum Gasteiger partial charge on any atom is -0.486 e. The van der Waals surface area contributed by atoms with Crippen molar-refractivity contribution < 1.29 is 22.3 Å². The van der Waals surface area contributed by atoms with Crippen molar-refractivity contribution in [2.75, 3.05) is 20.6 Å². The predicted octanol–water partition coefficient (Wildman–Crippen LogP) is 4.85. The van der Waals surface area contributed by atoms with E-state index in [2.05, 4.69) is 0 Å². The van der Waals surface area contributed by atoms with Gasteiger partial charge >= 0.3 is 6.18 Å². The summed E-state index contributed by atoms with van der Waals surface area (Å²) in [6.45, 7) is 0.750. The molecule has 0 saturated heterocycles. The van der Waals surface area contributed by atoms with Crippen LogP contribution in [-0.4, -0.2) is 37.8 Å². The zero-order valence-corrected chi connectivity index (χ0v) is 13.9. The molecule has 0 saturated carbocycles. The highest BCUT2D eigenvalue weighted by atomic mass is 19.4. The molecular weight excluding hydrogens is 322 g/mol. The first-order chi connectivity index (χ1) is 11.3. The quantitative estimate of drug-likeness (QED) is 0.540. The van der Waals surface area contributed by atoms with E-state index in [1.54, 1.807) is 6.08 Å². The maximum absolute atomic E-state index is 13.6. The molecular formula is C18H23F4NO. The molecule has 0 spiro atoms. The van der Waals surface area contributed by atoms with Crippen LogP contribution in [-0.2, 0) is 6.18 Å². The van der Waals surface area contributed by atoms with Crippen LogP contribution in [0.1, 0.15) is 31.2 Å². The van der Waals surface area contributed by atoms with Gasteiger partial charge in [-0.2, -0.15) is 13.2 Å². The molecule has 0 radical (unpaired) electrons. The lowest BCUT2D eigenvalue weighted by Gasteiger charge is -2.26. The Bertz CT molecular complexity index is 551. The van der Waals surface area contributed by atoms with Crippen LogP contribution in [0.2, 0.25) is 0 Å². The van der Waals surface area contributed by atoms with Gasteiger partial charge in [0.25, 0.3) is 0 Å². The van der Waals surface area contributed by atoms with E-state index >= 15 is 0 Å². The third-order valence-electron chi connectivity index (χ3n) is 4.05. The van der Waals surface area contributed by atoms with Gasteiger partial charge in [0.2, 0.25) is 0 Å². The summed E-state index contributed by atoms with van der Waals surface area (Å²) < 4.78 is 57.4. The van der Waals surface area contributed by atoms with Gasteiger partial charge in [0.15, 0.2) is 0 Å². The standard InChI is InChI=1S/C18H23F4NO/c1-23(2)11-10-17(13-4-3-5-15(19)12-13)24-16-8-6-14(7-9-16)18(20,21)22/h6-9,12,15,17H,3-5,10-11H2,1-2H3. The van der Waals surface area contributed by atoms with Crippen LogP contribution in [0.25, 0.3) is 0 Å².